The highest BCUT2D eigenvalue weighted by Crippen LogP contribution is 2.23. The lowest BCUT2D eigenvalue weighted by atomic mass is 10.1. The summed E-state index contributed by atoms with van der Waals surface area (Å²) in [5.41, 5.74) is 1.46. The summed E-state index contributed by atoms with van der Waals surface area (Å²) in [7, 11) is 3.23. The molecule has 1 aromatic heterocycles. The van der Waals surface area contributed by atoms with Gasteiger partial charge in [-0.25, -0.2) is 14.5 Å². The summed E-state index contributed by atoms with van der Waals surface area (Å²) >= 11 is 0. The average molecular weight is 325 g/mol. The molecule has 6 nitrogen and oxygen atoms in total. The minimum atomic E-state index is -0.283. The van der Waals surface area contributed by atoms with E-state index in [2.05, 4.69) is 10.2 Å². The molecule has 0 aliphatic rings. The molecule has 3 rings (SSSR count). The van der Waals surface area contributed by atoms with Gasteiger partial charge in [-0.2, -0.15) is 5.10 Å². The van der Waals surface area contributed by atoms with Gasteiger partial charge in [0.1, 0.15) is 17.3 Å². The molecule has 0 saturated heterocycles. The van der Waals surface area contributed by atoms with Crippen LogP contribution in [0.2, 0.25) is 0 Å². The molecule has 24 heavy (non-hydrogen) atoms. The van der Waals surface area contributed by atoms with Gasteiger partial charge in [0.15, 0.2) is 0 Å². The summed E-state index contributed by atoms with van der Waals surface area (Å²) < 4.78 is 12.3. The fourth-order valence-electron chi connectivity index (χ4n) is 2.72. The number of aryl methyl sites for hydroxylation is 2. The largest absolute Gasteiger partial charge is 0.496 e. The number of hydrogen-bond donors (Lipinski definition) is 1. The lowest BCUT2D eigenvalue weighted by Gasteiger charge is -2.11. The van der Waals surface area contributed by atoms with Crippen LogP contribution in [-0.2, 0) is 12.8 Å². The van der Waals surface area contributed by atoms with Gasteiger partial charge >= 0.3 is 5.69 Å². The standard InChI is InChI=1S/C18H19N3O3/c1-23-15-9-5-3-7-13(15)11-12-17-19-20-18(22)21(17)14-8-4-6-10-16(14)24-2/h3-10H,11-12H2,1-2H3,(H,20,22). The van der Waals surface area contributed by atoms with Gasteiger partial charge in [-0.1, -0.05) is 30.3 Å². The molecule has 2 aromatic carbocycles. The molecule has 0 amide bonds. The minimum Gasteiger partial charge on any atom is -0.496 e. The van der Waals surface area contributed by atoms with E-state index in [0.29, 0.717) is 30.1 Å². The fraction of sp³-hybridized carbons (Fsp3) is 0.222. The molecule has 0 atom stereocenters. The number of nitrogens with zero attached hydrogens (tertiary/aromatic N) is 2. The van der Waals surface area contributed by atoms with Crippen molar-refractivity contribution in [1.29, 1.82) is 0 Å². The van der Waals surface area contributed by atoms with Gasteiger partial charge in [0.25, 0.3) is 0 Å². The van der Waals surface area contributed by atoms with Crippen LogP contribution in [0.3, 0.4) is 0 Å². The second-order valence-electron chi connectivity index (χ2n) is 5.26. The molecule has 124 valence electrons. The van der Waals surface area contributed by atoms with Crippen LogP contribution in [0.25, 0.3) is 5.69 Å². The SMILES string of the molecule is COc1ccccc1CCc1n[nH]c(=O)n1-c1ccccc1OC. The second-order valence-corrected chi connectivity index (χ2v) is 5.26. The van der Waals surface area contributed by atoms with E-state index in [1.807, 2.05) is 48.5 Å². The topological polar surface area (TPSA) is 69.1 Å². The van der Waals surface area contributed by atoms with Gasteiger partial charge < -0.3 is 9.47 Å². The van der Waals surface area contributed by atoms with Crippen molar-refractivity contribution >= 4 is 0 Å². The van der Waals surface area contributed by atoms with Crippen molar-refractivity contribution in [3.63, 3.8) is 0 Å². The monoisotopic (exact) mass is 325 g/mol. The molecular formula is C18H19N3O3. The average Bonchev–Trinajstić information content (AvgIpc) is 3.00. The normalized spacial score (nSPS) is 10.6. The molecular weight excluding hydrogens is 306 g/mol. The fourth-order valence-corrected chi connectivity index (χ4v) is 2.72. The summed E-state index contributed by atoms with van der Waals surface area (Å²) in [5.74, 6) is 2.11. The van der Waals surface area contributed by atoms with Crippen LogP contribution in [-0.4, -0.2) is 29.0 Å². The molecule has 0 unspecified atom stereocenters. The van der Waals surface area contributed by atoms with E-state index in [1.165, 1.54) is 0 Å². The van der Waals surface area contributed by atoms with E-state index in [1.54, 1.807) is 18.8 Å². The smallest absolute Gasteiger partial charge is 0.348 e. The maximum atomic E-state index is 12.2. The van der Waals surface area contributed by atoms with Crippen LogP contribution >= 0.6 is 0 Å². The first-order chi connectivity index (χ1) is 11.7. The van der Waals surface area contributed by atoms with Crippen LogP contribution in [0.4, 0.5) is 0 Å². The van der Waals surface area contributed by atoms with Gasteiger partial charge in [0, 0.05) is 6.42 Å². The Balaban J connectivity index is 1.92. The summed E-state index contributed by atoms with van der Waals surface area (Å²) in [6.07, 6.45) is 1.31. The summed E-state index contributed by atoms with van der Waals surface area (Å²) in [6, 6.07) is 15.2. The number of hydrogen-bond acceptors (Lipinski definition) is 4. The van der Waals surface area contributed by atoms with E-state index >= 15 is 0 Å². The van der Waals surface area contributed by atoms with Crippen LogP contribution in [0, 0.1) is 0 Å². The van der Waals surface area contributed by atoms with Crippen LogP contribution in [0.1, 0.15) is 11.4 Å². The lowest BCUT2D eigenvalue weighted by Crippen LogP contribution is -2.18. The molecule has 0 saturated carbocycles. The summed E-state index contributed by atoms with van der Waals surface area (Å²) in [6.45, 7) is 0. The number of H-pyrrole nitrogens is 1. The minimum absolute atomic E-state index is 0.283. The quantitative estimate of drug-likeness (QED) is 0.755. The molecule has 0 aliphatic heterocycles. The van der Waals surface area contributed by atoms with Crippen LogP contribution in [0.5, 0.6) is 11.5 Å². The Bertz CT molecular complexity index is 883. The van der Waals surface area contributed by atoms with Gasteiger partial charge in [-0.05, 0) is 30.2 Å². The molecule has 0 fully saturated rings. The van der Waals surface area contributed by atoms with E-state index in [-0.39, 0.29) is 5.69 Å². The van der Waals surface area contributed by atoms with E-state index in [0.717, 1.165) is 11.3 Å². The number of ether oxygens (including phenoxy) is 2. The first kappa shape index (κ1) is 15.9. The lowest BCUT2D eigenvalue weighted by molar-refractivity contribution is 0.409. The Morgan fingerprint density at radius 2 is 1.62 bits per heavy atom. The van der Waals surface area contributed by atoms with Crippen LogP contribution in [0.15, 0.2) is 53.3 Å². The highest BCUT2D eigenvalue weighted by Gasteiger charge is 2.14. The van der Waals surface area contributed by atoms with Crippen molar-refractivity contribution in [3.05, 3.63) is 70.4 Å². The first-order valence-corrected chi connectivity index (χ1v) is 7.66. The third-order valence-electron chi connectivity index (χ3n) is 3.88. The number of para-hydroxylation sites is 3. The van der Waals surface area contributed by atoms with E-state index < -0.39 is 0 Å². The molecule has 0 aliphatic carbocycles. The van der Waals surface area contributed by atoms with Gasteiger partial charge in [0.2, 0.25) is 0 Å². The molecule has 6 heteroatoms. The maximum Gasteiger partial charge on any atom is 0.348 e. The summed E-state index contributed by atoms with van der Waals surface area (Å²) in [5, 5.41) is 6.69. The van der Waals surface area contributed by atoms with Crippen molar-refractivity contribution in [1.82, 2.24) is 14.8 Å². The van der Waals surface area contributed by atoms with Crippen molar-refractivity contribution in [2.45, 2.75) is 12.8 Å². The highest BCUT2D eigenvalue weighted by atomic mass is 16.5. The van der Waals surface area contributed by atoms with Crippen molar-refractivity contribution in [3.8, 4) is 17.2 Å². The van der Waals surface area contributed by atoms with Gasteiger partial charge in [-0.3, -0.25) is 0 Å². The molecule has 0 bridgehead atoms. The first-order valence-electron chi connectivity index (χ1n) is 7.66. The van der Waals surface area contributed by atoms with Crippen molar-refractivity contribution < 1.29 is 9.47 Å². The number of nitrogens with one attached hydrogen (secondary N) is 1. The number of benzene rings is 2. The number of aromatic nitrogens is 3. The zero-order chi connectivity index (χ0) is 16.9. The number of methoxy groups -OCH3 is 2. The Morgan fingerprint density at radius 3 is 2.38 bits per heavy atom. The van der Waals surface area contributed by atoms with Gasteiger partial charge in [-0.15, -0.1) is 0 Å². The molecule has 0 radical (unpaired) electrons. The van der Waals surface area contributed by atoms with Crippen molar-refractivity contribution in [2.75, 3.05) is 14.2 Å². The Hall–Kier alpha value is -3.02. The Labute approximate surface area is 139 Å². The van der Waals surface area contributed by atoms with E-state index in [9.17, 15) is 4.79 Å². The predicted molar refractivity (Wildman–Crippen MR) is 91.1 cm³/mol. The molecule has 3 aromatic rings. The maximum absolute atomic E-state index is 12.2. The predicted octanol–water partition coefficient (Wildman–Crippen LogP) is 2.36. The van der Waals surface area contributed by atoms with Gasteiger partial charge in [0.05, 0.1) is 19.9 Å². The third kappa shape index (κ3) is 3.03. The number of aromatic amines is 1. The number of rotatable bonds is 6. The Morgan fingerprint density at radius 1 is 0.958 bits per heavy atom. The Kier molecular flexibility index (Phi) is 4.65. The summed E-state index contributed by atoms with van der Waals surface area (Å²) in [4.78, 5) is 12.2. The van der Waals surface area contributed by atoms with Crippen LogP contribution < -0.4 is 15.2 Å². The molecule has 0 spiro atoms. The zero-order valence-corrected chi connectivity index (χ0v) is 13.7. The highest BCUT2D eigenvalue weighted by molar-refractivity contribution is 5.47. The third-order valence-corrected chi connectivity index (χ3v) is 3.88. The molecule has 1 heterocycles. The zero-order valence-electron chi connectivity index (χ0n) is 13.7. The second kappa shape index (κ2) is 7.04. The van der Waals surface area contributed by atoms with E-state index in [4.69, 9.17) is 9.47 Å². The van der Waals surface area contributed by atoms with Crippen molar-refractivity contribution in [2.24, 2.45) is 0 Å². The molecule has 1 N–H and O–H groups in total.